The van der Waals surface area contributed by atoms with E-state index in [1.54, 1.807) is 11.9 Å². The number of para-hydroxylation sites is 1. The molecule has 3 rings (SSSR count). The number of hydrogen-bond donors (Lipinski definition) is 1. The summed E-state index contributed by atoms with van der Waals surface area (Å²) in [7, 11) is 1.69. The van der Waals surface area contributed by atoms with Crippen LogP contribution in [0.3, 0.4) is 0 Å². The van der Waals surface area contributed by atoms with Gasteiger partial charge >= 0.3 is 5.97 Å². The molecule has 1 N–H and O–H groups in total. The Morgan fingerprint density at radius 1 is 1.10 bits per heavy atom. The van der Waals surface area contributed by atoms with Gasteiger partial charge in [-0.15, -0.1) is 0 Å². The summed E-state index contributed by atoms with van der Waals surface area (Å²) >= 11 is 0. The Kier molecular flexibility index (Phi) is 3.01. The maximum atomic E-state index is 12.9. The zero-order chi connectivity index (χ0) is 15.0. The van der Waals surface area contributed by atoms with Crippen molar-refractivity contribution in [2.75, 3.05) is 11.9 Å². The molecule has 1 atom stereocenters. The fourth-order valence-corrected chi connectivity index (χ4v) is 3.14. The molecule has 0 aliphatic carbocycles. The monoisotopic (exact) mass is 281 g/mol. The summed E-state index contributed by atoms with van der Waals surface area (Å²) in [6, 6.07) is 16.5. The first kappa shape index (κ1) is 13.4. The molecule has 4 nitrogen and oxygen atoms in total. The minimum Gasteiger partial charge on any atom is -0.481 e. The van der Waals surface area contributed by atoms with E-state index >= 15 is 0 Å². The van der Waals surface area contributed by atoms with Crippen LogP contribution in [0, 0.1) is 0 Å². The lowest BCUT2D eigenvalue weighted by Crippen LogP contribution is -2.41. The lowest BCUT2D eigenvalue weighted by Gasteiger charge is -2.27. The van der Waals surface area contributed by atoms with Gasteiger partial charge in [0.1, 0.15) is 5.41 Å². The average Bonchev–Trinajstić information content (AvgIpc) is 2.71. The van der Waals surface area contributed by atoms with Crippen LogP contribution < -0.4 is 4.90 Å². The summed E-state index contributed by atoms with van der Waals surface area (Å²) in [6.45, 7) is 0. The van der Waals surface area contributed by atoms with Gasteiger partial charge in [0.15, 0.2) is 0 Å². The molecule has 0 radical (unpaired) electrons. The molecule has 1 aliphatic rings. The standard InChI is InChI=1S/C17H15NO3/c1-18-14-10-6-5-9-13(14)17(16(18)21,11-15(19)20)12-7-3-2-4-8-12/h2-10H,11H2,1H3,(H,19,20). The first-order valence-electron chi connectivity index (χ1n) is 6.72. The third-order valence-electron chi connectivity index (χ3n) is 4.08. The smallest absolute Gasteiger partial charge is 0.305 e. The highest BCUT2D eigenvalue weighted by Crippen LogP contribution is 2.47. The second-order valence-electron chi connectivity index (χ2n) is 5.22. The molecular formula is C17H15NO3. The first-order valence-corrected chi connectivity index (χ1v) is 6.72. The first-order chi connectivity index (χ1) is 10.1. The Hall–Kier alpha value is -2.62. The highest BCUT2D eigenvalue weighted by Gasteiger charge is 2.52. The van der Waals surface area contributed by atoms with Gasteiger partial charge in [0.25, 0.3) is 0 Å². The highest BCUT2D eigenvalue weighted by atomic mass is 16.4. The van der Waals surface area contributed by atoms with Crippen molar-refractivity contribution in [2.24, 2.45) is 0 Å². The number of hydrogen-bond acceptors (Lipinski definition) is 2. The van der Waals surface area contributed by atoms with Crippen LogP contribution in [0.4, 0.5) is 5.69 Å². The summed E-state index contributed by atoms with van der Waals surface area (Å²) in [4.78, 5) is 25.9. The number of carboxylic acid groups (broad SMARTS) is 1. The van der Waals surface area contributed by atoms with Gasteiger partial charge in [0.05, 0.1) is 6.42 Å². The zero-order valence-electron chi connectivity index (χ0n) is 11.6. The lowest BCUT2D eigenvalue weighted by atomic mass is 9.73. The summed E-state index contributed by atoms with van der Waals surface area (Å²) in [5, 5.41) is 9.36. The predicted octanol–water partition coefficient (Wildman–Crippen LogP) is 2.42. The number of aliphatic carboxylic acids is 1. The Bertz CT molecular complexity index is 711. The largest absolute Gasteiger partial charge is 0.481 e. The molecule has 1 amide bonds. The van der Waals surface area contributed by atoms with Crippen LogP contribution in [0.5, 0.6) is 0 Å². The molecule has 0 saturated heterocycles. The van der Waals surface area contributed by atoms with E-state index in [-0.39, 0.29) is 12.3 Å². The molecule has 21 heavy (non-hydrogen) atoms. The third kappa shape index (κ3) is 1.83. The molecule has 106 valence electrons. The van der Waals surface area contributed by atoms with Gasteiger partial charge < -0.3 is 10.0 Å². The number of likely N-dealkylation sites (N-methyl/N-ethyl adjacent to an activating group) is 1. The van der Waals surface area contributed by atoms with Crippen molar-refractivity contribution < 1.29 is 14.7 Å². The van der Waals surface area contributed by atoms with Gasteiger partial charge in [0, 0.05) is 12.7 Å². The van der Waals surface area contributed by atoms with E-state index in [1.165, 1.54) is 0 Å². The van der Waals surface area contributed by atoms with Gasteiger partial charge in [-0.1, -0.05) is 48.5 Å². The van der Waals surface area contributed by atoms with Crippen LogP contribution >= 0.6 is 0 Å². The molecule has 0 spiro atoms. The summed E-state index contributed by atoms with van der Waals surface area (Å²) in [5.74, 6) is -1.19. The Labute approximate surface area is 122 Å². The summed E-state index contributed by atoms with van der Waals surface area (Å²) < 4.78 is 0. The molecule has 1 unspecified atom stereocenters. The van der Waals surface area contributed by atoms with Crippen LogP contribution in [0.25, 0.3) is 0 Å². The number of carbonyl (C=O) groups excluding carboxylic acids is 1. The molecule has 0 aromatic heterocycles. The Balaban J connectivity index is 2.31. The van der Waals surface area contributed by atoms with Crippen molar-refractivity contribution in [1.82, 2.24) is 0 Å². The van der Waals surface area contributed by atoms with Gasteiger partial charge in [-0.05, 0) is 17.2 Å². The van der Waals surface area contributed by atoms with Crippen LogP contribution in [-0.2, 0) is 15.0 Å². The maximum absolute atomic E-state index is 12.9. The zero-order valence-corrected chi connectivity index (χ0v) is 11.6. The predicted molar refractivity (Wildman–Crippen MR) is 79.3 cm³/mol. The third-order valence-corrected chi connectivity index (χ3v) is 4.08. The number of nitrogens with zero attached hydrogens (tertiary/aromatic N) is 1. The number of fused-ring (bicyclic) bond motifs is 1. The van der Waals surface area contributed by atoms with Crippen LogP contribution in [0.1, 0.15) is 17.5 Å². The number of benzene rings is 2. The van der Waals surface area contributed by atoms with Crippen molar-refractivity contribution >= 4 is 17.6 Å². The fraction of sp³-hybridized carbons (Fsp3) is 0.176. The minimum absolute atomic E-state index is 0.197. The van der Waals surface area contributed by atoms with Crippen molar-refractivity contribution in [2.45, 2.75) is 11.8 Å². The molecule has 2 aromatic carbocycles. The molecular weight excluding hydrogens is 266 g/mol. The van der Waals surface area contributed by atoms with Crippen LogP contribution in [0.2, 0.25) is 0 Å². The van der Waals surface area contributed by atoms with E-state index in [9.17, 15) is 14.7 Å². The maximum Gasteiger partial charge on any atom is 0.305 e. The fourth-order valence-electron chi connectivity index (χ4n) is 3.14. The number of carboxylic acids is 1. The van der Waals surface area contributed by atoms with E-state index < -0.39 is 11.4 Å². The van der Waals surface area contributed by atoms with Gasteiger partial charge in [-0.3, -0.25) is 9.59 Å². The number of carbonyl (C=O) groups is 2. The molecule has 0 saturated carbocycles. The normalized spacial score (nSPS) is 20.4. The van der Waals surface area contributed by atoms with Crippen molar-refractivity contribution in [3.05, 3.63) is 65.7 Å². The summed E-state index contributed by atoms with van der Waals surface area (Å²) in [5.41, 5.74) is 1.10. The second kappa shape index (κ2) is 4.74. The minimum atomic E-state index is -1.14. The van der Waals surface area contributed by atoms with E-state index in [0.717, 1.165) is 11.3 Å². The molecule has 1 aliphatic heterocycles. The second-order valence-corrected chi connectivity index (χ2v) is 5.22. The Morgan fingerprint density at radius 2 is 1.71 bits per heavy atom. The average molecular weight is 281 g/mol. The number of rotatable bonds is 3. The molecule has 0 fully saturated rings. The molecule has 1 heterocycles. The van der Waals surface area contributed by atoms with Crippen molar-refractivity contribution in [1.29, 1.82) is 0 Å². The highest BCUT2D eigenvalue weighted by molar-refractivity contribution is 6.11. The lowest BCUT2D eigenvalue weighted by molar-refractivity contribution is -0.140. The van der Waals surface area contributed by atoms with E-state index in [4.69, 9.17) is 0 Å². The van der Waals surface area contributed by atoms with Crippen molar-refractivity contribution in [3.63, 3.8) is 0 Å². The number of amides is 1. The number of anilines is 1. The summed E-state index contributed by atoms with van der Waals surface area (Å²) in [6.07, 6.45) is -0.253. The van der Waals surface area contributed by atoms with E-state index in [2.05, 4.69) is 0 Å². The van der Waals surface area contributed by atoms with E-state index in [1.807, 2.05) is 54.6 Å². The topological polar surface area (TPSA) is 57.6 Å². The Morgan fingerprint density at radius 3 is 2.38 bits per heavy atom. The quantitative estimate of drug-likeness (QED) is 0.940. The van der Waals surface area contributed by atoms with Gasteiger partial charge in [-0.2, -0.15) is 0 Å². The molecule has 4 heteroatoms. The van der Waals surface area contributed by atoms with E-state index in [0.29, 0.717) is 5.56 Å². The molecule has 2 aromatic rings. The van der Waals surface area contributed by atoms with Gasteiger partial charge in [0.2, 0.25) is 5.91 Å². The molecule has 0 bridgehead atoms. The van der Waals surface area contributed by atoms with Gasteiger partial charge in [-0.25, -0.2) is 0 Å². The van der Waals surface area contributed by atoms with Crippen LogP contribution in [-0.4, -0.2) is 24.0 Å². The van der Waals surface area contributed by atoms with Crippen LogP contribution in [0.15, 0.2) is 54.6 Å². The van der Waals surface area contributed by atoms with Crippen molar-refractivity contribution in [3.8, 4) is 0 Å². The SMILES string of the molecule is CN1C(=O)C(CC(=O)O)(c2ccccc2)c2ccccc21.